The maximum Gasteiger partial charge on any atom is 0.269 e. The number of nitrogens with zero attached hydrogens (tertiary/aromatic N) is 4. The van der Waals surface area contributed by atoms with Crippen molar-refractivity contribution < 1.29 is 9.30 Å². The van der Waals surface area contributed by atoms with E-state index < -0.39 is 0 Å². The third kappa shape index (κ3) is 7.45. The first-order valence-electron chi connectivity index (χ1n) is 25.3. The number of aromatic nitrogens is 4. The molecule has 73 heavy (non-hydrogen) atoms. The normalized spacial score (nSPS) is 12.2. The van der Waals surface area contributed by atoms with E-state index in [2.05, 4.69) is 268 Å². The van der Waals surface area contributed by atoms with Gasteiger partial charge in [0.2, 0.25) is 0 Å². The first-order chi connectivity index (χ1) is 35.5. The molecule has 1 aliphatic carbocycles. The fourth-order valence-corrected chi connectivity index (χ4v) is 11.1. The quantitative estimate of drug-likeness (QED) is 0.118. The molecule has 1 aliphatic rings. The Bertz CT molecular complexity index is 4140. The van der Waals surface area contributed by atoms with Gasteiger partial charge in [0.1, 0.15) is 17.3 Å². The van der Waals surface area contributed by atoms with Gasteiger partial charge in [0.05, 0.1) is 33.6 Å². The second-order valence-corrected chi connectivity index (χ2v) is 21.4. The highest BCUT2D eigenvalue weighted by molar-refractivity contribution is 6.19. The van der Waals surface area contributed by atoms with E-state index in [1.165, 1.54) is 49.7 Å². The lowest BCUT2D eigenvalue weighted by Gasteiger charge is -2.21. The molecule has 3 heterocycles. The second kappa shape index (κ2) is 16.9. The Morgan fingerprint density at radius 3 is 1.92 bits per heavy atom. The molecule has 12 aromatic rings. The molecule has 0 spiro atoms. The van der Waals surface area contributed by atoms with Gasteiger partial charge in [-0.15, -0.1) is 0 Å². The zero-order valence-corrected chi connectivity index (χ0v) is 42.0. The van der Waals surface area contributed by atoms with Crippen molar-refractivity contribution in [1.82, 2.24) is 14.1 Å². The van der Waals surface area contributed by atoms with Gasteiger partial charge in [0, 0.05) is 28.8 Å². The summed E-state index contributed by atoms with van der Waals surface area (Å²) in [6.07, 6.45) is 5.82. The van der Waals surface area contributed by atoms with Crippen molar-refractivity contribution in [2.24, 2.45) is 0 Å². The number of fused-ring (bicyclic) bond motifs is 8. The van der Waals surface area contributed by atoms with Crippen LogP contribution >= 0.6 is 0 Å². The minimum absolute atomic E-state index is 0.00589. The first kappa shape index (κ1) is 44.2. The van der Waals surface area contributed by atoms with E-state index in [1.807, 2.05) is 12.3 Å². The van der Waals surface area contributed by atoms with Gasteiger partial charge in [-0.1, -0.05) is 205 Å². The SMILES string of the molecule is CC(C)(C)c1cccc(-c2cccc(-c3ccccc3)c2-[n+]2[c-]n(-c3cccc(Oc4ccc5c6c(n(-c7cc(C(C)(C)C)ccn7)c5c4)-c4ccccc4-c4cccc5cccc-6c45)c3)c3ccccc32)c1. The monoisotopic (exact) mass is 942 g/mol. The van der Waals surface area contributed by atoms with E-state index in [4.69, 9.17) is 9.72 Å². The van der Waals surface area contributed by atoms with Gasteiger partial charge in [-0.2, -0.15) is 0 Å². The average Bonchev–Trinajstić information content (AvgIpc) is 3.94. The van der Waals surface area contributed by atoms with Crippen LogP contribution in [0.2, 0.25) is 0 Å². The van der Waals surface area contributed by atoms with Crippen LogP contribution < -0.4 is 9.30 Å². The number of hydrogen-bond acceptors (Lipinski definition) is 2. The number of hydrogen-bond donors (Lipinski definition) is 0. The van der Waals surface area contributed by atoms with Gasteiger partial charge in [-0.3, -0.25) is 13.7 Å². The summed E-state index contributed by atoms with van der Waals surface area (Å²) >= 11 is 0. The van der Waals surface area contributed by atoms with Crippen molar-refractivity contribution in [3.63, 3.8) is 0 Å². The average molecular weight is 943 g/mol. The number of pyridine rings is 1. The Morgan fingerprint density at radius 1 is 0.479 bits per heavy atom. The standard InChI is InChI=1S/C68H54N4O/c1-67(2,3)47-24-14-23-46(39-47)53-30-18-29-52(44-19-8-7-9-20-44)65(53)71-43-70(59-33-12-13-34-60(59)71)49-25-17-26-50(41-49)73-51-35-36-57-61(42-51)72(62-40-48(37-38-69-62)68(4,5)6)66-56-28-11-10-27-54(56)55-31-15-21-45-22-16-32-58(63(45)55)64(57)66/h7-42H,1-6H3. The van der Waals surface area contributed by atoms with E-state index in [1.54, 1.807) is 0 Å². The predicted octanol–water partition coefficient (Wildman–Crippen LogP) is 17.2. The highest BCUT2D eigenvalue weighted by Crippen LogP contribution is 2.52. The first-order valence-corrected chi connectivity index (χ1v) is 25.3. The van der Waals surface area contributed by atoms with Crippen LogP contribution in [-0.4, -0.2) is 14.1 Å². The topological polar surface area (TPSA) is 35.9 Å². The van der Waals surface area contributed by atoms with E-state index in [9.17, 15) is 0 Å². The van der Waals surface area contributed by atoms with E-state index in [-0.39, 0.29) is 10.8 Å². The van der Waals surface area contributed by atoms with Crippen molar-refractivity contribution in [1.29, 1.82) is 0 Å². The zero-order chi connectivity index (χ0) is 49.6. The summed E-state index contributed by atoms with van der Waals surface area (Å²) in [7, 11) is 0. The van der Waals surface area contributed by atoms with Crippen LogP contribution in [0.25, 0.3) is 106 Å². The molecule has 0 aliphatic heterocycles. The fraction of sp³-hybridized carbons (Fsp3) is 0.118. The molecular weight excluding hydrogens is 889 g/mol. The predicted molar refractivity (Wildman–Crippen MR) is 300 cm³/mol. The van der Waals surface area contributed by atoms with Crippen LogP contribution in [0.5, 0.6) is 11.5 Å². The van der Waals surface area contributed by atoms with Gasteiger partial charge in [0.15, 0.2) is 0 Å². The zero-order valence-electron chi connectivity index (χ0n) is 42.0. The smallest absolute Gasteiger partial charge is 0.269 e. The molecule has 0 radical (unpaired) electrons. The molecule has 0 atom stereocenters. The molecule has 0 saturated heterocycles. The molecule has 0 fully saturated rings. The summed E-state index contributed by atoms with van der Waals surface area (Å²) in [6, 6.07) is 76.4. The Morgan fingerprint density at radius 2 is 1.11 bits per heavy atom. The van der Waals surface area contributed by atoms with E-state index in [0.717, 1.165) is 78.6 Å². The van der Waals surface area contributed by atoms with Crippen LogP contribution in [0.15, 0.2) is 219 Å². The van der Waals surface area contributed by atoms with Crippen LogP contribution in [0.4, 0.5) is 0 Å². The lowest BCUT2D eigenvalue weighted by molar-refractivity contribution is -0.571. The molecular formula is C68H54N4O. The largest absolute Gasteiger partial charge is 0.458 e. The number of imidazole rings is 1. The molecule has 0 saturated carbocycles. The summed E-state index contributed by atoms with van der Waals surface area (Å²) in [5.41, 5.74) is 19.2. The highest BCUT2D eigenvalue weighted by atomic mass is 16.5. The maximum absolute atomic E-state index is 6.99. The minimum Gasteiger partial charge on any atom is -0.458 e. The summed E-state index contributed by atoms with van der Waals surface area (Å²) in [5.74, 6) is 2.32. The Labute approximate surface area is 426 Å². The highest BCUT2D eigenvalue weighted by Gasteiger charge is 2.30. The Hall–Kier alpha value is -8.80. The summed E-state index contributed by atoms with van der Waals surface area (Å²) < 4.78 is 13.8. The summed E-state index contributed by atoms with van der Waals surface area (Å²) in [6.45, 7) is 13.6. The number of para-hydroxylation sites is 3. The summed E-state index contributed by atoms with van der Waals surface area (Å²) in [5, 5.41) is 3.61. The molecule has 352 valence electrons. The Kier molecular flexibility index (Phi) is 10.2. The van der Waals surface area contributed by atoms with E-state index >= 15 is 0 Å². The number of benzene rings is 9. The molecule has 5 nitrogen and oxygen atoms in total. The number of rotatable bonds is 7. The summed E-state index contributed by atoms with van der Waals surface area (Å²) in [4.78, 5) is 5.14. The maximum atomic E-state index is 6.99. The van der Waals surface area contributed by atoms with Crippen molar-refractivity contribution in [3.05, 3.63) is 236 Å². The van der Waals surface area contributed by atoms with Gasteiger partial charge < -0.3 is 4.74 Å². The van der Waals surface area contributed by atoms with Crippen molar-refractivity contribution in [3.8, 4) is 84.5 Å². The molecule has 13 rings (SSSR count). The van der Waals surface area contributed by atoms with Gasteiger partial charge in [0.25, 0.3) is 6.33 Å². The molecule has 0 unspecified atom stereocenters. The van der Waals surface area contributed by atoms with E-state index in [0.29, 0.717) is 0 Å². The molecule has 9 aromatic carbocycles. The third-order valence-electron chi connectivity index (χ3n) is 14.7. The fourth-order valence-electron chi connectivity index (χ4n) is 11.1. The number of ether oxygens (including phenoxy) is 1. The van der Waals surface area contributed by atoms with Crippen molar-refractivity contribution in [2.45, 2.75) is 52.4 Å². The van der Waals surface area contributed by atoms with Gasteiger partial charge in [-0.05, 0) is 114 Å². The molecule has 0 N–H and O–H groups in total. The second-order valence-electron chi connectivity index (χ2n) is 21.4. The van der Waals surface area contributed by atoms with Gasteiger partial charge >= 0.3 is 0 Å². The lowest BCUT2D eigenvalue weighted by atomic mass is 9.85. The van der Waals surface area contributed by atoms with Crippen molar-refractivity contribution in [2.75, 3.05) is 0 Å². The van der Waals surface area contributed by atoms with Crippen LogP contribution in [0, 0.1) is 6.33 Å². The minimum atomic E-state index is -0.0794. The molecule has 0 bridgehead atoms. The lowest BCUT2D eigenvalue weighted by Crippen LogP contribution is -2.31. The van der Waals surface area contributed by atoms with Gasteiger partial charge in [-0.25, -0.2) is 4.98 Å². The van der Waals surface area contributed by atoms with Crippen molar-refractivity contribution >= 4 is 32.7 Å². The van der Waals surface area contributed by atoms with Crippen LogP contribution in [0.3, 0.4) is 0 Å². The Balaban J connectivity index is 0.971. The van der Waals surface area contributed by atoms with Crippen LogP contribution in [0.1, 0.15) is 52.7 Å². The molecule has 5 heteroatoms. The molecule has 3 aromatic heterocycles. The molecule has 0 amide bonds. The van der Waals surface area contributed by atoms with Crippen LogP contribution in [-0.2, 0) is 10.8 Å². The third-order valence-corrected chi connectivity index (χ3v) is 14.7.